The molecular formula is C11H14N2O2. The molecule has 0 spiro atoms. The molecule has 1 heterocycles. The van der Waals surface area contributed by atoms with E-state index in [1.54, 1.807) is 6.07 Å². The van der Waals surface area contributed by atoms with Gasteiger partial charge in [0.1, 0.15) is 0 Å². The minimum atomic E-state index is -0.291. The molecule has 1 aliphatic heterocycles. The van der Waals surface area contributed by atoms with E-state index < -0.39 is 0 Å². The first-order valence-corrected chi connectivity index (χ1v) is 4.97. The van der Waals surface area contributed by atoms with Gasteiger partial charge in [0, 0.05) is 6.54 Å². The van der Waals surface area contributed by atoms with Crippen LogP contribution in [0, 0.1) is 0 Å². The Hall–Kier alpha value is -1.71. The van der Waals surface area contributed by atoms with Gasteiger partial charge in [-0.25, -0.2) is 4.79 Å². The van der Waals surface area contributed by atoms with E-state index in [2.05, 4.69) is 21.9 Å². The quantitative estimate of drug-likeness (QED) is 0.747. The van der Waals surface area contributed by atoms with Crippen LogP contribution in [0.15, 0.2) is 18.2 Å². The van der Waals surface area contributed by atoms with Crippen molar-refractivity contribution in [3.8, 4) is 0 Å². The number of nitrogens with zero attached hydrogens (tertiary/aromatic N) is 1. The van der Waals surface area contributed by atoms with Gasteiger partial charge in [-0.2, -0.15) is 0 Å². The lowest BCUT2D eigenvalue weighted by molar-refractivity contribution is 0.0601. The smallest absolute Gasteiger partial charge is 0.337 e. The zero-order chi connectivity index (χ0) is 10.8. The van der Waals surface area contributed by atoms with Crippen LogP contribution in [0.4, 0.5) is 11.4 Å². The van der Waals surface area contributed by atoms with Crippen LogP contribution in [0.25, 0.3) is 0 Å². The molecule has 2 rings (SSSR count). The second-order valence-electron chi connectivity index (χ2n) is 3.41. The van der Waals surface area contributed by atoms with E-state index in [1.807, 2.05) is 12.1 Å². The third-order valence-electron chi connectivity index (χ3n) is 2.60. The van der Waals surface area contributed by atoms with Gasteiger partial charge in [-0.15, -0.1) is 0 Å². The number of hydrogen-bond acceptors (Lipinski definition) is 4. The van der Waals surface area contributed by atoms with Crippen molar-refractivity contribution in [2.24, 2.45) is 0 Å². The third-order valence-corrected chi connectivity index (χ3v) is 2.60. The normalized spacial score (nSPS) is 13.3. The van der Waals surface area contributed by atoms with Gasteiger partial charge in [0.15, 0.2) is 0 Å². The predicted octanol–water partition coefficient (Wildman–Crippen LogP) is 1.68. The predicted molar refractivity (Wildman–Crippen MR) is 59.3 cm³/mol. The lowest BCUT2D eigenvalue weighted by atomic mass is 10.1. The molecular weight excluding hydrogens is 192 g/mol. The maximum atomic E-state index is 11.3. The molecule has 15 heavy (non-hydrogen) atoms. The van der Waals surface area contributed by atoms with Crippen molar-refractivity contribution in [2.45, 2.75) is 6.92 Å². The lowest BCUT2D eigenvalue weighted by Gasteiger charge is -2.15. The van der Waals surface area contributed by atoms with Gasteiger partial charge >= 0.3 is 5.97 Å². The molecule has 1 aromatic carbocycles. The molecule has 0 aliphatic carbocycles. The largest absolute Gasteiger partial charge is 0.465 e. The fourth-order valence-corrected chi connectivity index (χ4v) is 1.74. The Morgan fingerprint density at radius 3 is 3.07 bits per heavy atom. The molecule has 4 heteroatoms. The van der Waals surface area contributed by atoms with Gasteiger partial charge in [0.25, 0.3) is 0 Å². The minimum Gasteiger partial charge on any atom is -0.465 e. The molecule has 0 saturated carbocycles. The maximum absolute atomic E-state index is 11.3. The van der Waals surface area contributed by atoms with Gasteiger partial charge in [0.2, 0.25) is 0 Å². The highest BCUT2D eigenvalue weighted by molar-refractivity contribution is 5.93. The Bertz CT molecular complexity index is 390. The summed E-state index contributed by atoms with van der Waals surface area (Å²) in [6, 6.07) is 5.55. The number of methoxy groups -OCH3 is 1. The Morgan fingerprint density at radius 2 is 2.40 bits per heavy atom. The fraction of sp³-hybridized carbons (Fsp3) is 0.364. The first-order chi connectivity index (χ1) is 7.26. The van der Waals surface area contributed by atoms with E-state index in [1.165, 1.54) is 7.11 Å². The van der Waals surface area contributed by atoms with Crippen LogP contribution >= 0.6 is 0 Å². The van der Waals surface area contributed by atoms with Crippen molar-refractivity contribution in [1.82, 2.24) is 0 Å². The summed E-state index contributed by atoms with van der Waals surface area (Å²) < 4.78 is 4.69. The van der Waals surface area contributed by atoms with E-state index >= 15 is 0 Å². The Kier molecular flexibility index (Phi) is 2.49. The van der Waals surface area contributed by atoms with Gasteiger partial charge in [-0.3, -0.25) is 0 Å². The molecule has 0 fully saturated rings. The van der Waals surface area contributed by atoms with Crippen molar-refractivity contribution < 1.29 is 9.53 Å². The van der Waals surface area contributed by atoms with E-state index in [0.717, 1.165) is 24.6 Å². The SMILES string of the molecule is CCN1CNc2ccc(C(=O)OC)cc21. The number of esters is 1. The van der Waals surface area contributed by atoms with Crippen molar-refractivity contribution in [2.75, 3.05) is 30.5 Å². The lowest BCUT2D eigenvalue weighted by Crippen LogP contribution is -2.21. The monoisotopic (exact) mass is 206 g/mol. The summed E-state index contributed by atoms with van der Waals surface area (Å²) in [5.41, 5.74) is 2.74. The summed E-state index contributed by atoms with van der Waals surface area (Å²) in [6.45, 7) is 3.81. The van der Waals surface area contributed by atoms with E-state index in [4.69, 9.17) is 0 Å². The summed E-state index contributed by atoms with van der Waals surface area (Å²) in [4.78, 5) is 13.5. The summed E-state index contributed by atoms with van der Waals surface area (Å²) in [7, 11) is 1.39. The minimum absolute atomic E-state index is 0.291. The second-order valence-corrected chi connectivity index (χ2v) is 3.41. The van der Waals surface area contributed by atoms with Crippen LogP contribution in [0.1, 0.15) is 17.3 Å². The number of benzene rings is 1. The Balaban J connectivity index is 2.36. The van der Waals surface area contributed by atoms with Gasteiger partial charge in [0.05, 0.1) is 30.7 Å². The van der Waals surface area contributed by atoms with Gasteiger partial charge < -0.3 is 15.0 Å². The molecule has 0 saturated heterocycles. The molecule has 0 atom stereocenters. The first kappa shape index (κ1) is 9.83. The Labute approximate surface area is 88.8 Å². The number of hydrogen-bond donors (Lipinski definition) is 1. The van der Waals surface area contributed by atoms with Gasteiger partial charge in [-0.1, -0.05) is 0 Å². The van der Waals surface area contributed by atoms with Crippen LogP contribution in [0.2, 0.25) is 0 Å². The number of fused-ring (bicyclic) bond motifs is 1. The third kappa shape index (κ3) is 1.63. The number of carbonyl (C=O) groups excluding carboxylic acids is 1. The van der Waals surface area contributed by atoms with Gasteiger partial charge in [-0.05, 0) is 25.1 Å². The van der Waals surface area contributed by atoms with Crippen LogP contribution in [-0.2, 0) is 4.74 Å². The van der Waals surface area contributed by atoms with Crippen molar-refractivity contribution in [3.05, 3.63) is 23.8 Å². The summed E-state index contributed by atoms with van der Waals surface area (Å²) in [5.74, 6) is -0.291. The number of anilines is 2. The van der Waals surface area contributed by atoms with E-state index in [0.29, 0.717) is 5.56 Å². The highest BCUT2D eigenvalue weighted by Gasteiger charge is 2.18. The number of carbonyl (C=O) groups is 1. The number of rotatable bonds is 2. The van der Waals surface area contributed by atoms with Crippen LogP contribution < -0.4 is 10.2 Å². The molecule has 80 valence electrons. The fourth-order valence-electron chi connectivity index (χ4n) is 1.74. The van der Waals surface area contributed by atoms with Crippen molar-refractivity contribution in [1.29, 1.82) is 0 Å². The first-order valence-electron chi connectivity index (χ1n) is 4.97. The average Bonchev–Trinajstić information content (AvgIpc) is 2.69. The molecule has 0 radical (unpaired) electrons. The van der Waals surface area contributed by atoms with E-state index in [9.17, 15) is 4.79 Å². The molecule has 4 nitrogen and oxygen atoms in total. The second kappa shape index (κ2) is 3.81. The molecule has 0 amide bonds. The number of ether oxygens (including phenoxy) is 1. The number of nitrogens with one attached hydrogen (secondary N) is 1. The molecule has 1 N–H and O–H groups in total. The summed E-state index contributed by atoms with van der Waals surface area (Å²) in [5, 5.41) is 3.26. The standard InChI is InChI=1S/C11H14N2O2/c1-3-13-7-12-9-5-4-8(6-10(9)13)11(14)15-2/h4-6,12H,3,7H2,1-2H3. The summed E-state index contributed by atoms with van der Waals surface area (Å²) in [6.07, 6.45) is 0. The highest BCUT2D eigenvalue weighted by atomic mass is 16.5. The molecule has 0 bridgehead atoms. The Morgan fingerprint density at radius 1 is 1.60 bits per heavy atom. The molecule has 0 aromatic heterocycles. The van der Waals surface area contributed by atoms with Crippen LogP contribution in [0.5, 0.6) is 0 Å². The molecule has 1 aliphatic rings. The van der Waals surface area contributed by atoms with Crippen LogP contribution in [-0.4, -0.2) is 26.3 Å². The zero-order valence-corrected chi connectivity index (χ0v) is 8.91. The van der Waals surface area contributed by atoms with Crippen LogP contribution in [0.3, 0.4) is 0 Å². The topological polar surface area (TPSA) is 41.6 Å². The van der Waals surface area contributed by atoms with Crippen molar-refractivity contribution >= 4 is 17.3 Å². The zero-order valence-electron chi connectivity index (χ0n) is 8.91. The van der Waals surface area contributed by atoms with Crippen molar-refractivity contribution in [3.63, 3.8) is 0 Å². The van der Waals surface area contributed by atoms with E-state index in [-0.39, 0.29) is 5.97 Å². The average molecular weight is 206 g/mol. The molecule has 1 aromatic rings. The highest BCUT2D eigenvalue weighted by Crippen LogP contribution is 2.31. The summed E-state index contributed by atoms with van der Waals surface area (Å²) >= 11 is 0. The molecule has 0 unspecified atom stereocenters. The maximum Gasteiger partial charge on any atom is 0.337 e.